The van der Waals surface area contributed by atoms with Gasteiger partial charge in [0.15, 0.2) is 5.11 Å². The summed E-state index contributed by atoms with van der Waals surface area (Å²) in [4.78, 5) is 11.9. The zero-order valence-electron chi connectivity index (χ0n) is 10.8. The number of nitrogens with zero attached hydrogens (tertiary/aromatic N) is 2. The minimum absolute atomic E-state index is 0.0467. The lowest BCUT2D eigenvalue weighted by atomic mass is 10.3. The van der Waals surface area contributed by atoms with E-state index in [1.807, 2.05) is 24.1 Å². The zero-order chi connectivity index (χ0) is 14.5. The third-order valence-corrected chi connectivity index (χ3v) is 3.06. The molecule has 0 aliphatic rings. The highest BCUT2D eigenvalue weighted by molar-refractivity contribution is 7.80. The molecule has 0 spiro atoms. The normalized spacial score (nSPS) is 10.1. The predicted molar refractivity (Wildman–Crippen MR) is 79.5 cm³/mol. The minimum Gasteiger partial charge on any atom is -0.467 e. The van der Waals surface area contributed by atoms with Crippen LogP contribution in [0, 0.1) is 10.1 Å². The molecule has 6 nitrogen and oxygen atoms in total. The fraction of sp³-hybridized carbons (Fsp3) is 0.154. The number of anilines is 1. The van der Waals surface area contributed by atoms with Crippen molar-refractivity contribution in [2.24, 2.45) is 0 Å². The highest BCUT2D eigenvalue weighted by Gasteiger charge is 2.08. The molecule has 0 fully saturated rings. The highest BCUT2D eigenvalue weighted by atomic mass is 32.1. The lowest BCUT2D eigenvalue weighted by Gasteiger charge is -2.19. The van der Waals surface area contributed by atoms with Crippen LogP contribution in [0.1, 0.15) is 5.76 Å². The molecule has 7 heteroatoms. The number of thiocarbonyl (C=S) groups is 1. The quantitative estimate of drug-likeness (QED) is 0.530. The van der Waals surface area contributed by atoms with Crippen LogP contribution in [0.25, 0.3) is 0 Å². The number of nitrogens with one attached hydrogen (secondary N) is 1. The average molecular weight is 291 g/mol. The van der Waals surface area contributed by atoms with Crippen LogP contribution in [0.4, 0.5) is 11.4 Å². The Hall–Kier alpha value is -2.41. The molecule has 1 aromatic carbocycles. The van der Waals surface area contributed by atoms with E-state index in [-0.39, 0.29) is 5.69 Å². The summed E-state index contributed by atoms with van der Waals surface area (Å²) in [5.41, 5.74) is 0.748. The maximum absolute atomic E-state index is 10.6. The van der Waals surface area contributed by atoms with E-state index in [2.05, 4.69) is 5.32 Å². The van der Waals surface area contributed by atoms with Gasteiger partial charge in [0.25, 0.3) is 5.69 Å². The van der Waals surface area contributed by atoms with Crippen molar-refractivity contribution in [3.63, 3.8) is 0 Å². The van der Waals surface area contributed by atoms with Gasteiger partial charge in [-0.2, -0.15) is 0 Å². The van der Waals surface area contributed by atoms with Crippen molar-refractivity contribution in [2.75, 3.05) is 12.4 Å². The number of nitro groups is 1. The zero-order valence-corrected chi connectivity index (χ0v) is 11.6. The lowest BCUT2D eigenvalue weighted by Crippen LogP contribution is -2.30. The van der Waals surface area contributed by atoms with E-state index >= 15 is 0 Å². The number of non-ortho nitro benzene ring substituents is 1. The van der Waals surface area contributed by atoms with Gasteiger partial charge in [0.05, 0.1) is 17.7 Å². The predicted octanol–water partition coefficient (Wildman–Crippen LogP) is 3.02. The van der Waals surface area contributed by atoms with Crippen LogP contribution in [0.15, 0.2) is 47.1 Å². The first-order valence-corrected chi connectivity index (χ1v) is 6.26. The molecule has 0 aliphatic heterocycles. The first-order valence-electron chi connectivity index (χ1n) is 5.85. The Kier molecular flexibility index (Phi) is 4.31. The summed E-state index contributed by atoms with van der Waals surface area (Å²) in [6.07, 6.45) is 1.61. The second kappa shape index (κ2) is 6.16. The van der Waals surface area contributed by atoms with E-state index in [0.29, 0.717) is 17.3 Å². The topological polar surface area (TPSA) is 71.5 Å². The molecule has 0 saturated carbocycles. The lowest BCUT2D eigenvalue weighted by molar-refractivity contribution is -0.384. The van der Waals surface area contributed by atoms with Crippen molar-refractivity contribution in [3.05, 3.63) is 58.5 Å². The number of hydrogen-bond donors (Lipinski definition) is 1. The Morgan fingerprint density at radius 1 is 1.40 bits per heavy atom. The maximum atomic E-state index is 10.6. The van der Waals surface area contributed by atoms with Gasteiger partial charge in [-0.1, -0.05) is 0 Å². The van der Waals surface area contributed by atoms with E-state index in [1.54, 1.807) is 18.4 Å². The van der Waals surface area contributed by atoms with Gasteiger partial charge >= 0.3 is 0 Å². The van der Waals surface area contributed by atoms with E-state index < -0.39 is 4.92 Å². The van der Waals surface area contributed by atoms with Gasteiger partial charge in [0, 0.05) is 24.9 Å². The number of benzene rings is 1. The number of nitro benzene ring substituents is 1. The van der Waals surface area contributed by atoms with Crippen molar-refractivity contribution in [2.45, 2.75) is 6.54 Å². The molecule has 1 heterocycles. The van der Waals surface area contributed by atoms with Gasteiger partial charge in [-0.3, -0.25) is 10.1 Å². The Morgan fingerprint density at radius 2 is 2.10 bits per heavy atom. The van der Waals surface area contributed by atoms with Crippen LogP contribution in [-0.4, -0.2) is 22.0 Å². The van der Waals surface area contributed by atoms with E-state index in [1.165, 1.54) is 12.1 Å². The summed E-state index contributed by atoms with van der Waals surface area (Å²) < 4.78 is 5.24. The molecule has 1 N–H and O–H groups in total. The molecule has 0 radical (unpaired) electrons. The molecule has 0 atom stereocenters. The van der Waals surface area contributed by atoms with Crippen LogP contribution in [0.5, 0.6) is 0 Å². The molecule has 2 rings (SSSR count). The van der Waals surface area contributed by atoms with E-state index in [4.69, 9.17) is 16.6 Å². The van der Waals surface area contributed by atoms with Crippen LogP contribution in [0.2, 0.25) is 0 Å². The van der Waals surface area contributed by atoms with Crippen LogP contribution < -0.4 is 5.32 Å². The van der Waals surface area contributed by atoms with Gasteiger partial charge < -0.3 is 14.6 Å². The first kappa shape index (κ1) is 14.0. The fourth-order valence-corrected chi connectivity index (χ4v) is 1.78. The maximum Gasteiger partial charge on any atom is 0.269 e. The number of hydrogen-bond acceptors (Lipinski definition) is 4. The SMILES string of the molecule is CN(Cc1ccco1)C(=S)Nc1ccc([N+](=O)[O-])cc1. The minimum atomic E-state index is -0.439. The third-order valence-electron chi connectivity index (χ3n) is 2.65. The summed E-state index contributed by atoms with van der Waals surface area (Å²) in [5, 5.41) is 14.1. The molecule has 2 aromatic rings. The van der Waals surface area contributed by atoms with Crippen LogP contribution in [-0.2, 0) is 6.54 Å². The van der Waals surface area contributed by atoms with Crippen molar-refractivity contribution < 1.29 is 9.34 Å². The van der Waals surface area contributed by atoms with Crippen LogP contribution in [0.3, 0.4) is 0 Å². The summed E-state index contributed by atoms with van der Waals surface area (Å²) in [5.74, 6) is 0.806. The van der Waals surface area contributed by atoms with Crippen molar-refractivity contribution in [3.8, 4) is 0 Å². The molecule has 104 valence electrons. The highest BCUT2D eigenvalue weighted by Crippen LogP contribution is 2.16. The smallest absolute Gasteiger partial charge is 0.269 e. The fourth-order valence-electron chi connectivity index (χ4n) is 1.59. The second-order valence-electron chi connectivity index (χ2n) is 4.17. The first-order chi connectivity index (χ1) is 9.56. The molecular weight excluding hydrogens is 278 g/mol. The van der Waals surface area contributed by atoms with Gasteiger partial charge in [-0.15, -0.1) is 0 Å². The van der Waals surface area contributed by atoms with Gasteiger partial charge in [0.2, 0.25) is 0 Å². The molecule has 0 aliphatic carbocycles. The largest absolute Gasteiger partial charge is 0.467 e. The summed E-state index contributed by atoms with van der Waals surface area (Å²) >= 11 is 5.26. The van der Waals surface area contributed by atoms with Gasteiger partial charge in [-0.05, 0) is 36.5 Å². The Bertz CT molecular complexity index is 596. The summed E-state index contributed by atoms with van der Waals surface area (Å²) in [7, 11) is 1.84. The molecular formula is C13H13N3O3S. The van der Waals surface area contributed by atoms with Crippen LogP contribution >= 0.6 is 12.2 Å². The standard InChI is InChI=1S/C13H13N3O3S/c1-15(9-12-3-2-8-19-12)13(20)14-10-4-6-11(7-5-10)16(17)18/h2-8H,9H2,1H3,(H,14,20). The van der Waals surface area contributed by atoms with E-state index in [0.717, 1.165) is 5.76 Å². The third kappa shape index (κ3) is 3.55. The molecule has 1 aromatic heterocycles. The summed E-state index contributed by atoms with van der Waals surface area (Å²) in [6, 6.07) is 9.77. The van der Waals surface area contributed by atoms with Crippen molar-refractivity contribution >= 4 is 28.7 Å². The molecule has 0 amide bonds. The second-order valence-corrected chi connectivity index (χ2v) is 4.56. The number of rotatable bonds is 4. The monoisotopic (exact) mass is 291 g/mol. The number of furan rings is 1. The Balaban J connectivity index is 1.95. The van der Waals surface area contributed by atoms with Gasteiger partial charge in [-0.25, -0.2) is 0 Å². The van der Waals surface area contributed by atoms with Gasteiger partial charge in [0.1, 0.15) is 5.76 Å². The molecule has 0 saturated heterocycles. The Morgan fingerprint density at radius 3 is 2.65 bits per heavy atom. The molecule has 20 heavy (non-hydrogen) atoms. The Labute approximate surface area is 121 Å². The van der Waals surface area contributed by atoms with Crippen molar-refractivity contribution in [1.29, 1.82) is 0 Å². The van der Waals surface area contributed by atoms with Crippen molar-refractivity contribution in [1.82, 2.24) is 4.90 Å². The average Bonchev–Trinajstić information content (AvgIpc) is 2.92. The summed E-state index contributed by atoms with van der Waals surface area (Å²) in [6.45, 7) is 0.547. The molecule has 0 bridgehead atoms. The molecule has 0 unspecified atom stereocenters. The van der Waals surface area contributed by atoms with E-state index in [9.17, 15) is 10.1 Å².